The van der Waals surface area contributed by atoms with E-state index < -0.39 is 10.0 Å². The van der Waals surface area contributed by atoms with E-state index in [9.17, 15) is 8.42 Å². The third-order valence-corrected chi connectivity index (χ3v) is 8.53. The lowest BCUT2D eigenvalue weighted by atomic mass is 10.1. The molecular formula is C25H31ClN2O4S2. The molecule has 9 heteroatoms. The Bertz CT molecular complexity index is 1180. The summed E-state index contributed by atoms with van der Waals surface area (Å²) in [5, 5.41) is 0.499. The Morgan fingerprint density at radius 1 is 1.12 bits per heavy atom. The van der Waals surface area contributed by atoms with E-state index in [0.717, 1.165) is 24.1 Å². The Morgan fingerprint density at radius 3 is 2.47 bits per heavy atom. The topological polar surface area (TPSA) is 68.7 Å². The van der Waals surface area contributed by atoms with Crippen LogP contribution in [0, 0.1) is 12.8 Å². The van der Waals surface area contributed by atoms with Crippen molar-refractivity contribution >= 4 is 33.0 Å². The number of methoxy groups -OCH3 is 1. The first-order valence-corrected chi connectivity index (χ1v) is 13.8. The number of ether oxygens (including phenoxy) is 2. The SMILES string of the molecule is COc1cc(CN(CCC(C)C)S(=O)(=O)c2ccc(Cl)cc2)ccc1OCCc1scnc1C. The lowest BCUT2D eigenvalue weighted by Crippen LogP contribution is -2.32. The number of hydrogen-bond donors (Lipinski definition) is 0. The van der Waals surface area contributed by atoms with Crippen molar-refractivity contribution in [3.63, 3.8) is 0 Å². The zero-order valence-electron chi connectivity index (χ0n) is 20.0. The maximum absolute atomic E-state index is 13.4. The first kappa shape index (κ1) is 26.5. The van der Waals surface area contributed by atoms with Gasteiger partial charge in [0.1, 0.15) is 0 Å². The number of rotatable bonds is 12. The van der Waals surface area contributed by atoms with E-state index in [-0.39, 0.29) is 11.4 Å². The monoisotopic (exact) mass is 522 g/mol. The van der Waals surface area contributed by atoms with Crippen LogP contribution in [0.1, 0.15) is 36.4 Å². The average Bonchev–Trinajstić information content (AvgIpc) is 3.21. The molecule has 0 saturated carbocycles. The quantitative estimate of drug-likeness (QED) is 0.293. The van der Waals surface area contributed by atoms with Gasteiger partial charge in [-0.25, -0.2) is 13.4 Å². The van der Waals surface area contributed by atoms with E-state index in [1.165, 1.54) is 9.18 Å². The molecule has 0 atom stereocenters. The zero-order chi connectivity index (χ0) is 24.7. The molecule has 2 aromatic carbocycles. The third kappa shape index (κ3) is 6.95. The van der Waals surface area contributed by atoms with Crippen LogP contribution < -0.4 is 9.47 Å². The standard InChI is InChI=1S/C25H31ClN2O4S2/c1-18(2)11-13-28(34(29,30)22-8-6-21(26)7-9-22)16-20-5-10-23(24(15-20)31-4)32-14-12-25-19(3)27-17-33-25/h5-10,15,17-18H,11-14,16H2,1-4H3. The van der Waals surface area contributed by atoms with Gasteiger partial charge in [0.25, 0.3) is 0 Å². The van der Waals surface area contributed by atoms with E-state index in [1.807, 2.05) is 30.6 Å². The van der Waals surface area contributed by atoms with Gasteiger partial charge in [0.2, 0.25) is 10.0 Å². The number of nitrogens with zero attached hydrogens (tertiary/aromatic N) is 2. The minimum Gasteiger partial charge on any atom is -0.493 e. The predicted octanol–water partition coefficient (Wildman–Crippen LogP) is 5.97. The molecule has 0 fully saturated rings. The van der Waals surface area contributed by atoms with Crippen molar-refractivity contribution in [1.29, 1.82) is 0 Å². The van der Waals surface area contributed by atoms with E-state index in [1.54, 1.807) is 42.7 Å². The highest BCUT2D eigenvalue weighted by molar-refractivity contribution is 7.89. The zero-order valence-corrected chi connectivity index (χ0v) is 22.3. The van der Waals surface area contributed by atoms with Crippen LogP contribution in [0.3, 0.4) is 0 Å². The van der Waals surface area contributed by atoms with Crippen LogP contribution in [0.25, 0.3) is 0 Å². The fourth-order valence-electron chi connectivity index (χ4n) is 3.40. The molecule has 3 rings (SSSR count). The Kier molecular flexibility index (Phi) is 9.36. The second-order valence-corrected chi connectivity index (χ2v) is 11.7. The van der Waals surface area contributed by atoms with E-state index in [0.29, 0.717) is 35.6 Å². The van der Waals surface area contributed by atoms with Gasteiger partial charge in [-0.15, -0.1) is 11.3 Å². The minimum atomic E-state index is -3.69. The molecule has 0 saturated heterocycles. The number of hydrogen-bond acceptors (Lipinski definition) is 6. The maximum Gasteiger partial charge on any atom is 0.243 e. The molecule has 34 heavy (non-hydrogen) atoms. The molecule has 6 nitrogen and oxygen atoms in total. The summed E-state index contributed by atoms with van der Waals surface area (Å²) < 4.78 is 39.8. The van der Waals surface area contributed by atoms with Gasteiger partial charge in [-0.3, -0.25) is 0 Å². The van der Waals surface area contributed by atoms with Gasteiger partial charge in [-0.05, 0) is 61.2 Å². The van der Waals surface area contributed by atoms with E-state index in [2.05, 4.69) is 18.8 Å². The molecule has 0 radical (unpaired) electrons. The molecular weight excluding hydrogens is 492 g/mol. The van der Waals surface area contributed by atoms with Crippen molar-refractivity contribution in [3.8, 4) is 11.5 Å². The summed E-state index contributed by atoms with van der Waals surface area (Å²) >= 11 is 7.58. The molecule has 0 N–H and O–H groups in total. The van der Waals surface area contributed by atoms with Crippen LogP contribution in [0.15, 0.2) is 52.9 Å². The highest BCUT2D eigenvalue weighted by atomic mass is 35.5. The Balaban J connectivity index is 1.77. The van der Waals surface area contributed by atoms with Crippen LogP contribution in [-0.2, 0) is 23.0 Å². The summed E-state index contributed by atoms with van der Waals surface area (Å²) in [5.74, 6) is 1.57. The van der Waals surface area contributed by atoms with Gasteiger partial charge in [0.05, 0.1) is 29.8 Å². The summed E-state index contributed by atoms with van der Waals surface area (Å²) in [7, 11) is -2.10. The molecule has 0 aliphatic carbocycles. The fraction of sp³-hybridized carbons (Fsp3) is 0.400. The van der Waals surface area contributed by atoms with Gasteiger partial charge in [-0.2, -0.15) is 4.31 Å². The molecule has 0 unspecified atom stereocenters. The highest BCUT2D eigenvalue weighted by Gasteiger charge is 2.25. The van der Waals surface area contributed by atoms with Gasteiger partial charge < -0.3 is 9.47 Å². The van der Waals surface area contributed by atoms with Gasteiger partial charge in [0.15, 0.2) is 11.5 Å². The maximum atomic E-state index is 13.4. The van der Waals surface area contributed by atoms with Crippen LogP contribution in [0.5, 0.6) is 11.5 Å². The number of sulfonamides is 1. The highest BCUT2D eigenvalue weighted by Crippen LogP contribution is 2.30. The molecule has 1 heterocycles. The van der Waals surface area contributed by atoms with Crippen molar-refractivity contribution < 1.29 is 17.9 Å². The van der Waals surface area contributed by atoms with E-state index in [4.69, 9.17) is 21.1 Å². The third-order valence-electron chi connectivity index (χ3n) is 5.43. The number of aryl methyl sites for hydroxylation is 1. The van der Waals surface area contributed by atoms with Crippen molar-refractivity contribution in [3.05, 3.63) is 69.1 Å². The number of benzene rings is 2. The Labute approximate surface area is 211 Å². The van der Waals surface area contributed by atoms with Gasteiger partial charge >= 0.3 is 0 Å². The van der Waals surface area contributed by atoms with Crippen LogP contribution in [-0.4, -0.2) is 38.0 Å². The van der Waals surface area contributed by atoms with E-state index >= 15 is 0 Å². The Morgan fingerprint density at radius 2 is 1.85 bits per heavy atom. The van der Waals surface area contributed by atoms with Crippen molar-refractivity contribution in [2.45, 2.75) is 45.1 Å². The minimum absolute atomic E-state index is 0.228. The lowest BCUT2D eigenvalue weighted by Gasteiger charge is -2.24. The summed E-state index contributed by atoms with van der Waals surface area (Å²) in [4.78, 5) is 5.69. The number of thiazole rings is 1. The van der Waals surface area contributed by atoms with Crippen LogP contribution in [0.2, 0.25) is 5.02 Å². The normalized spacial score (nSPS) is 11.9. The number of aromatic nitrogens is 1. The number of halogens is 1. The summed E-state index contributed by atoms with van der Waals surface area (Å²) in [6.07, 6.45) is 1.52. The van der Waals surface area contributed by atoms with Crippen molar-refractivity contribution in [1.82, 2.24) is 9.29 Å². The van der Waals surface area contributed by atoms with Gasteiger partial charge in [0, 0.05) is 29.4 Å². The Hall–Kier alpha value is -2.13. The smallest absolute Gasteiger partial charge is 0.243 e. The molecule has 3 aromatic rings. The second kappa shape index (κ2) is 12.0. The fourth-order valence-corrected chi connectivity index (χ4v) is 5.73. The molecule has 0 aliphatic heterocycles. The largest absolute Gasteiger partial charge is 0.493 e. The second-order valence-electron chi connectivity index (χ2n) is 8.42. The van der Waals surface area contributed by atoms with Crippen LogP contribution in [0.4, 0.5) is 0 Å². The summed E-state index contributed by atoms with van der Waals surface area (Å²) in [6.45, 7) is 7.30. The lowest BCUT2D eigenvalue weighted by molar-refractivity contribution is 0.297. The summed E-state index contributed by atoms with van der Waals surface area (Å²) in [5.41, 5.74) is 3.69. The first-order chi connectivity index (χ1) is 16.2. The molecule has 184 valence electrons. The van der Waals surface area contributed by atoms with Crippen LogP contribution >= 0.6 is 22.9 Å². The first-order valence-electron chi connectivity index (χ1n) is 11.1. The predicted molar refractivity (Wildman–Crippen MR) is 138 cm³/mol. The molecule has 1 aromatic heterocycles. The van der Waals surface area contributed by atoms with Crippen molar-refractivity contribution in [2.24, 2.45) is 5.92 Å². The molecule has 0 amide bonds. The average molecular weight is 523 g/mol. The molecule has 0 spiro atoms. The van der Waals surface area contributed by atoms with Gasteiger partial charge in [-0.1, -0.05) is 31.5 Å². The summed E-state index contributed by atoms with van der Waals surface area (Å²) in [6, 6.07) is 11.8. The molecule has 0 aliphatic rings. The molecule has 0 bridgehead atoms. The van der Waals surface area contributed by atoms with Crippen molar-refractivity contribution in [2.75, 3.05) is 20.3 Å².